The van der Waals surface area contributed by atoms with Crippen LogP contribution >= 0.6 is 11.3 Å². The van der Waals surface area contributed by atoms with Crippen LogP contribution in [0.4, 0.5) is 10.1 Å². The van der Waals surface area contributed by atoms with Crippen LogP contribution in [0, 0.1) is 5.82 Å². The standard InChI is InChI=1S/C13H10FNO4S/c1-19-7-2-3-8(14)9(6-7)15-12(16)10-4-5-11(20-10)13(17)18/h2-6H,1H3,(H,15,16)(H,17,18). The van der Waals surface area contributed by atoms with Crippen LogP contribution < -0.4 is 10.1 Å². The summed E-state index contributed by atoms with van der Waals surface area (Å²) in [5.74, 6) is -1.88. The van der Waals surface area contributed by atoms with Gasteiger partial charge in [-0.25, -0.2) is 9.18 Å². The van der Waals surface area contributed by atoms with Gasteiger partial charge in [0.15, 0.2) is 0 Å². The van der Waals surface area contributed by atoms with E-state index in [1.807, 2.05) is 0 Å². The topological polar surface area (TPSA) is 75.6 Å². The summed E-state index contributed by atoms with van der Waals surface area (Å²) in [6, 6.07) is 6.65. The number of carbonyl (C=O) groups excluding carboxylic acids is 1. The van der Waals surface area contributed by atoms with E-state index in [9.17, 15) is 14.0 Å². The van der Waals surface area contributed by atoms with Gasteiger partial charge in [-0.2, -0.15) is 0 Å². The van der Waals surface area contributed by atoms with Crippen LogP contribution in [0.25, 0.3) is 0 Å². The summed E-state index contributed by atoms with van der Waals surface area (Å²) in [7, 11) is 1.43. The number of aromatic carboxylic acids is 1. The maximum atomic E-state index is 13.6. The van der Waals surface area contributed by atoms with Crippen molar-refractivity contribution in [2.24, 2.45) is 0 Å². The second-order valence-corrected chi connectivity index (χ2v) is 4.85. The molecule has 1 heterocycles. The predicted octanol–water partition coefficient (Wildman–Crippen LogP) is 2.85. The van der Waals surface area contributed by atoms with Gasteiger partial charge in [-0.05, 0) is 24.3 Å². The molecule has 0 aliphatic heterocycles. The van der Waals surface area contributed by atoms with Crippen LogP contribution in [-0.2, 0) is 0 Å². The Morgan fingerprint density at radius 3 is 2.55 bits per heavy atom. The molecule has 0 aliphatic carbocycles. The molecule has 0 spiro atoms. The summed E-state index contributed by atoms with van der Waals surface area (Å²) < 4.78 is 18.5. The third-order valence-corrected chi connectivity index (χ3v) is 3.53. The Balaban J connectivity index is 2.20. The molecule has 0 radical (unpaired) electrons. The zero-order valence-corrected chi connectivity index (χ0v) is 11.2. The first-order valence-electron chi connectivity index (χ1n) is 5.49. The second-order valence-electron chi connectivity index (χ2n) is 3.77. The van der Waals surface area contributed by atoms with Gasteiger partial charge in [0.05, 0.1) is 17.7 Å². The number of carboxylic acid groups (broad SMARTS) is 1. The van der Waals surface area contributed by atoms with E-state index < -0.39 is 17.7 Å². The van der Waals surface area contributed by atoms with Crippen molar-refractivity contribution >= 4 is 28.9 Å². The summed E-state index contributed by atoms with van der Waals surface area (Å²) in [6.07, 6.45) is 0. The Bertz CT molecular complexity index is 668. The number of carboxylic acids is 1. The first-order valence-corrected chi connectivity index (χ1v) is 6.31. The Morgan fingerprint density at radius 1 is 1.25 bits per heavy atom. The van der Waals surface area contributed by atoms with E-state index in [-0.39, 0.29) is 15.4 Å². The molecule has 2 aromatic rings. The van der Waals surface area contributed by atoms with Gasteiger partial charge in [0.2, 0.25) is 0 Å². The van der Waals surface area contributed by atoms with Gasteiger partial charge in [0.1, 0.15) is 16.4 Å². The minimum atomic E-state index is -1.11. The molecule has 2 N–H and O–H groups in total. The van der Waals surface area contributed by atoms with Gasteiger partial charge >= 0.3 is 5.97 Å². The highest BCUT2D eigenvalue weighted by Gasteiger charge is 2.15. The normalized spacial score (nSPS) is 10.1. The number of hydrogen-bond acceptors (Lipinski definition) is 4. The maximum absolute atomic E-state index is 13.6. The summed E-state index contributed by atoms with van der Waals surface area (Å²) in [4.78, 5) is 22.9. The average molecular weight is 295 g/mol. The molecule has 0 saturated carbocycles. The molecular formula is C13H10FNO4S. The summed E-state index contributed by atoms with van der Waals surface area (Å²) in [5, 5.41) is 11.2. The number of methoxy groups -OCH3 is 1. The van der Waals surface area contributed by atoms with Crippen molar-refractivity contribution in [3.63, 3.8) is 0 Å². The van der Waals surface area contributed by atoms with Crippen molar-refractivity contribution in [1.29, 1.82) is 0 Å². The number of benzene rings is 1. The summed E-state index contributed by atoms with van der Waals surface area (Å²) in [6.45, 7) is 0. The van der Waals surface area contributed by atoms with Gasteiger partial charge in [0, 0.05) is 6.07 Å². The highest BCUT2D eigenvalue weighted by molar-refractivity contribution is 7.15. The van der Waals surface area contributed by atoms with Crippen LogP contribution in [0.15, 0.2) is 30.3 Å². The number of ether oxygens (including phenoxy) is 1. The molecule has 0 unspecified atom stereocenters. The smallest absolute Gasteiger partial charge is 0.345 e. The number of nitrogens with one attached hydrogen (secondary N) is 1. The third-order valence-electron chi connectivity index (χ3n) is 2.46. The largest absolute Gasteiger partial charge is 0.497 e. The van der Waals surface area contributed by atoms with Gasteiger partial charge in [0.25, 0.3) is 5.91 Å². The fourth-order valence-electron chi connectivity index (χ4n) is 1.49. The first kappa shape index (κ1) is 14.0. The van der Waals surface area contributed by atoms with Crippen LogP contribution in [-0.4, -0.2) is 24.1 Å². The molecule has 7 heteroatoms. The van der Waals surface area contributed by atoms with Gasteiger partial charge < -0.3 is 15.2 Å². The molecule has 1 amide bonds. The lowest BCUT2D eigenvalue weighted by molar-refractivity contribution is 0.0702. The number of hydrogen-bond donors (Lipinski definition) is 2. The molecule has 0 bridgehead atoms. The van der Waals surface area contributed by atoms with Crippen molar-refractivity contribution in [3.05, 3.63) is 45.9 Å². The zero-order valence-electron chi connectivity index (χ0n) is 10.3. The minimum Gasteiger partial charge on any atom is -0.497 e. The SMILES string of the molecule is COc1ccc(F)c(NC(=O)c2ccc(C(=O)O)s2)c1. The molecule has 2 rings (SSSR count). The molecule has 1 aromatic heterocycles. The first-order chi connectivity index (χ1) is 9.51. The van der Waals surface area contributed by atoms with Crippen molar-refractivity contribution in [1.82, 2.24) is 0 Å². The number of thiophene rings is 1. The molecular weight excluding hydrogens is 285 g/mol. The van der Waals surface area contributed by atoms with Crippen molar-refractivity contribution < 1.29 is 23.8 Å². The fourth-order valence-corrected chi connectivity index (χ4v) is 2.23. The van der Waals surface area contributed by atoms with Crippen LogP contribution in [0.2, 0.25) is 0 Å². The quantitative estimate of drug-likeness (QED) is 0.909. The molecule has 104 valence electrons. The summed E-state index contributed by atoms with van der Waals surface area (Å²) in [5.41, 5.74) is -0.0281. The number of halogens is 1. The lowest BCUT2D eigenvalue weighted by Crippen LogP contribution is -2.11. The molecule has 20 heavy (non-hydrogen) atoms. The van der Waals surface area contributed by atoms with Crippen molar-refractivity contribution in [3.8, 4) is 5.75 Å². The van der Waals surface area contributed by atoms with Crippen molar-refractivity contribution in [2.75, 3.05) is 12.4 Å². The highest BCUT2D eigenvalue weighted by atomic mass is 32.1. The lowest BCUT2D eigenvalue weighted by Gasteiger charge is -2.07. The van der Waals surface area contributed by atoms with Crippen LogP contribution in [0.3, 0.4) is 0 Å². The van der Waals surface area contributed by atoms with E-state index >= 15 is 0 Å². The van der Waals surface area contributed by atoms with E-state index in [1.165, 1.54) is 37.4 Å². The second kappa shape index (κ2) is 5.70. The molecule has 0 atom stereocenters. The van der Waals surface area contributed by atoms with E-state index in [0.29, 0.717) is 5.75 Å². The summed E-state index contributed by atoms with van der Waals surface area (Å²) >= 11 is 0.819. The Morgan fingerprint density at radius 2 is 1.95 bits per heavy atom. The van der Waals surface area contributed by atoms with Gasteiger partial charge in [-0.15, -0.1) is 11.3 Å². The monoisotopic (exact) mass is 295 g/mol. The Labute approximate surface area is 117 Å². The number of rotatable bonds is 4. The molecule has 0 aliphatic rings. The van der Waals surface area contributed by atoms with Gasteiger partial charge in [-0.1, -0.05) is 0 Å². The van der Waals surface area contributed by atoms with Crippen LogP contribution in [0.5, 0.6) is 5.75 Å². The molecule has 0 fully saturated rings. The highest BCUT2D eigenvalue weighted by Crippen LogP contribution is 2.23. The lowest BCUT2D eigenvalue weighted by atomic mass is 10.2. The van der Waals surface area contributed by atoms with Gasteiger partial charge in [-0.3, -0.25) is 4.79 Å². The Kier molecular flexibility index (Phi) is 3.99. The van der Waals surface area contributed by atoms with E-state index in [1.54, 1.807) is 0 Å². The molecule has 5 nitrogen and oxygen atoms in total. The predicted molar refractivity (Wildman–Crippen MR) is 72.2 cm³/mol. The number of amides is 1. The van der Waals surface area contributed by atoms with E-state index in [4.69, 9.17) is 9.84 Å². The Hall–Kier alpha value is -2.41. The average Bonchev–Trinajstić information content (AvgIpc) is 2.91. The number of anilines is 1. The van der Waals surface area contributed by atoms with E-state index in [2.05, 4.69) is 5.32 Å². The maximum Gasteiger partial charge on any atom is 0.345 e. The number of carbonyl (C=O) groups is 2. The van der Waals surface area contributed by atoms with Crippen LogP contribution in [0.1, 0.15) is 19.3 Å². The fraction of sp³-hybridized carbons (Fsp3) is 0.0769. The third kappa shape index (κ3) is 2.94. The molecule has 1 aromatic carbocycles. The molecule has 0 saturated heterocycles. The van der Waals surface area contributed by atoms with E-state index in [0.717, 1.165) is 11.3 Å². The van der Waals surface area contributed by atoms with Crippen molar-refractivity contribution in [2.45, 2.75) is 0 Å². The zero-order chi connectivity index (χ0) is 14.7. The minimum absolute atomic E-state index is 0.0281.